The van der Waals surface area contributed by atoms with E-state index in [0.29, 0.717) is 0 Å². The fourth-order valence-electron chi connectivity index (χ4n) is 2.54. The van der Waals surface area contributed by atoms with E-state index >= 15 is 0 Å². The topological polar surface area (TPSA) is 29.1 Å². The highest BCUT2D eigenvalue weighted by Crippen LogP contribution is 2.22. The van der Waals surface area contributed by atoms with Gasteiger partial charge in [0.05, 0.1) is 11.8 Å². The van der Waals surface area contributed by atoms with E-state index < -0.39 is 11.6 Å². The van der Waals surface area contributed by atoms with Crippen LogP contribution in [-0.2, 0) is 11.2 Å². The first-order valence-corrected chi connectivity index (χ1v) is 7.38. The molecule has 0 spiro atoms. The normalized spacial score (nSPS) is 23.1. The Kier molecular flexibility index (Phi) is 5.35. The van der Waals surface area contributed by atoms with Gasteiger partial charge in [-0.1, -0.05) is 25.3 Å². The van der Waals surface area contributed by atoms with E-state index in [1.54, 1.807) is 0 Å². The first kappa shape index (κ1) is 15.2. The van der Waals surface area contributed by atoms with Gasteiger partial charge in [-0.05, 0) is 25.0 Å². The van der Waals surface area contributed by atoms with E-state index in [1.807, 2.05) is 0 Å². The summed E-state index contributed by atoms with van der Waals surface area (Å²) in [6.45, 7) is 0. The van der Waals surface area contributed by atoms with Crippen LogP contribution >= 0.6 is 11.6 Å². The molecule has 1 aromatic rings. The zero-order chi connectivity index (χ0) is 14.5. The van der Waals surface area contributed by atoms with Gasteiger partial charge >= 0.3 is 0 Å². The molecule has 1 saturated carbocycles. The van der Waals surface area contributed by atoms with Crippen LogP contribution in [0.15, 0.2) is 18.2 Å². The lowest BCUT2D eigenvalue weighted by Gasteiger charge is -2.21. The zero-order valence-electron chi connectivity index (χ0n) is 11.2. The molecule has 1 aliphatic rings. The van der Waals surface area contributed by atoms with Gasteiger partial charge in [0.2, 0.25) is 5.91 Å². The van der Waals surface area contributed by atoms with Gasteiger partial charge in [-0.2, -0.15) is 0 Å². The average molecular weight is 302 g/mol. The van der Waals surface area contributed by atoms with Crippen molar-refractivity contribution in [3.8, 4) is 0 Å². The Morgan fingerprint density at radius 1 is 1.20 bits per heavy atom. The lowest BCUT2D eigenvalue weighted by Crippen LogP contribution is -2.41. The lowest BCUT2D eigenvalue weighted by molar-refractivity contribution is -0.121. The first-order chi connectivity index (χ1) is 9.58. The van der Waals surface area contributed by atoms with Crippen molar-refractivity contribution >= 4 is 17.5 Å². The molecule has 0 saturated heterocycles. The molecule has 110 valence electrons. The highest BCUT2D eigenvalue weighted by atomic mass is 35.5. The zero-order valence-corrected chi connectivity index (χ0v) is 11.9. The smallest absolute Gasteiger partial charge is 0.224 e. The minimum atomic E-state index is -0.691. The van der Waals surface area contributed by atoms with Crippen molar-refractivity contribution in [1.82, 2.24) is 5.32 Å². The summed E-state index contributed by atoms with van der Waals surface area (Å²) in [5.74, 6) is -1.77. The summed E-state index contributed by atoms with van der Waals surface area (Å²) >= 11 is 6.23. The molecule has 2 nitrogen and oxygen atoms in total. The van der Waals surface area contributed by atoms with E-state index in [4.69, 9.17) is 11.6 Å². The number of rotatable bonds is 3. The molecular formula is C15H18ClF2NO. The Morgan fingerprint density at radius 2 is 1.85 bits per heavy atom. The van der Waals surface area contributed by atoms with Crippen molar-refractivity contribution in [2.24, 2.45) is 0 Å². The van der Waals surface area contributed by atoms with Crippen molar-refractivity contribution in [2.45, 2.75) is 49.9 Å². The minimum absolute atomic E-state index is 0.105. The minimum Gasteiger partial charge on any atom is -0.352 e. The van der Waals surface area contributed by atoms with Crippen LogP contribution in [0.2, 0.25) is 0 Å². The fraction of sp³-hybridized carbons (Fsp3) is 0.533. The van der Waals surface area contributed by atoms with E-state index in [1.165, 1.54) is 6.07 Å². The lowest BCUT2D eigenvalue weighted by atomic mass is 10.1. The number of carbonyl (C=O) groups is 1. The third kappa shape index (κ3) is 3.92. The second-order valence-electron chi connectivity index (χ2n) is 5.20. The number of hydrogen-bond donors (Lipinski definition) is 1. The Hall–Kier alpha value is -1.16. The van der Waals surface area contributed by atoms with Gasteiger partial charge in [0.15, 0.2) is 0 Å². The molecule has 0 bridgehead atoms. The number of carbonyl (C=O) groups excluding carboxylic acids is 1. The van der Waals surface area contributed by atoms with Gasteiger partial charge in [-0.25, -0.2) is 8.78 Å². The summed E-state index contributed by atoms with van der Waals surface area (Å²) in [5, 5.41) is 2.70. The highest BCUT2D eigenvalue weighted by Gasteiger charge is 2.24. The Labute approximate surface area is 122 Å². The van der Waals surface area contributed by atoms with Crippen LogP contribution < -0.4 is 5.32 Å². The third-order valence-electron chi connectivity index (χ3n) is 3.68. The molecule has 0 radical (unpaired) electrons. The largest absolute Gasteiger partial charge is 0.352 e. The van der Waals surface area contributed by atoms with E-state index in [0.717, 1.165) is 44.2 Å². The number of hydrogen-bond acceptors (Lipinski definition) is 1. The van der Waals surface area contributed by atoms with Crippen LogP contribution in [0.3, 0.4) is 0 Å². The molecule has 1 aliphatic carbocycles. The van der Waals surface area contributed by atoms with E-state index in [9.17, 15) is 13.6 Å². The standard InChI is InChI=1S/C15H18ClF2NO/c16-11-5-2-1-3-8-14(11)19-15(20)9-10-12(17)6-4-7-13(10)18/h4,6-7,11,14H,1-3,5,8-9H2,(H,19,20). The van der Waals surface area contributed by atoms with Gasteiger partial charge in [-0.3, -0.25) is 4.79 Å². The van der Waals surface area contributed by atoms with Crippen LogP contribution in [-0.4, -0.2) is 17.3 Å². The molecule has 0 aromatic heterocycles. The Balaban J connectivity index is 1.98. The number of halogens is 3. The van der Waals surface area contributed by atoms with Crippen molar-refractivity contribution < 1.29 is 13.6 Å². The third-order valence-corrected chi connectivity index (χ3v) is 4.20. The summed E-state index contributed by atoms with van der Waals surface area (Å²) in [6.07, 6.45) is 4.57. The van der Waals surface area contributed by atoms with Crippen molar-refractivity contribution in [3.05, 3.63) is 35.4 Å². The molecule has 5 heteroatoms. The van der Waals surface area contributed by atoms with E-state index in [-0.39, 0.29) is 29.3 Å². The molecule has 1 amide bonds. The number of nitrogens with one attached hydrogen (secondary N) is 1. The predicted molar refractivity (Wildman–Crippen MR) is 74.7 cm³/mol. The molecule has 2 unspecified atom stereocenters. The molecule has 2 rings (SSSR count). The maximum Gasteiger partial charge on any atom is 0.224 e. The molecule has 0 heterocycles. The van der Waals surface area contributed by atoms with Gasteiger partial charge < -0.3 is 5.32 Å². The Morgan fingerprint density at radius 3 is 2.55 bits per heavy atom. The summed E-state index contributed by atoms with van der Waals surface area (Å²) < 4.78 is 27.0. The summed E-state index contributed by atoms with van der Waals surface area (Å²) in [6, 6.07) is 3.48. The van der Waals surface area contributed by atoms with Gasteiger partial charge in [0.1, 0.15) is 11.6 Å². The predicted octanol–water partition coefficient (Wildman–Crippen LogP) is 3.56. The van der Waals surface area contributed by atoms with Crippen LogP contribution in [0.1, 0.15) is 37.7 Å². The molecule has 1 aromatic carbocycles. The quantitative estimate of drug-likeness (QED) is 0.671. The number of amides is 1. The number of benzene rings is 1. The molecular weight excluding hydrogens is 284 g/mol. The fourth-order valence-corrected chi connectivity index (χ4v) is 2.89. The van der Waals surface area contributed by atoms with Crippen LogP contribution in [0, 0.1) is 11.6 Å². The summed E-state index contributed by atoms with van der Waals surface area (Å²) in [7, 11) is 0. The molecule has 1 fully saturated rings. The summed E-state index contributed by atoms with van der Waals surface area (Å²) in [5.41, 5.74) is -0.190. The first-order valence-electron chi connectivity index (χ1n) is 6.94. The maximum atomic E-state index is 13.5. The maximum absolute atomic E-state index is 13.5. The van der Waals surface area contributed by atoms with Crippen LogP contribution in [0.25, 0.3) is 0 Å². The number of alkyl halides is 1. The molecule has 20 heavy (non-hydrogen) atoms. The van der Waals surface area contributed by atoms with Crippen molar-refractivity contribution in [2.75, 3.05) is 0 Å². The molecule has 2 atom stereocenters. The molecule has 1 N–H and O–H groups in total. The van der Waals surface area contributed by atoms with Gasteiger partial charge in [0.25, 0.3) is 0 Å². The van der Waals surface area contributed by atoms with Gasteiger partial charge in [-0.15, -0.1) is 11.6 Å². The monoisotopic (exact) mass is 301 g/mol. The SMILES string of the molecule is O=C(Cc1c(F)cccc1F)NC1CCCCCC1Cl. The Bertz CT molecular complexity index is 461. The average Bonchev–Trinajstić information content (AvgIpc) is 2.60. The van der Waals surface area contributed by atoms with Crippen molar-refractivity contribution in [3.63, 3.8) is 0 Å². The van der Waals surface area contributed by atoms with Crippen LogP contribution in [0.5, 0.6) is 0 Å². The van der Waals surface area contributed by atoms with Crippen LogP contribution in [0.4, 0.5) is 8.78 Å². The highest BCUT2D eigenvalue weighted by molar-refractivity contribution is 6.21. The second-order valence-corrected chi connectivity index (χ2v) is 5.77. The van der Waals surface area contributed by atoms with Gasteiger partial charge in [0, 0.05) is 11.6 Å². The van der Waals surface area contributed by atoms with Crippen molar-refractivity contribution in [1.29, 1.82) is 0 Å². The summed E-state index contributed by atoms with van der Waals surface area (Å²) in [4.78, 5) is 11.9. The van der Waals surface area contributed by atoms with E-state index in [2.05, 4.69) is 5.32 Å². The molecule has 0 aliphatic heterocycles. The second kappa shape index (κ2) is 7.02.